The highest BCUT2D eigenvalue weighted by molar-refractivity contribution is 5.85. The highest BCUT2D eigenvalue weighted by atomic mass is 35.5. The molecule has 0 heterocycles. The Kier molecular flexibility index (Phi) is 9.02. The van der Waals surface area contributed by atoms with Gasteiger partial charge in [0, 0.05) is 11.5 Å². The quantitative estimate of drug-likeness (QED) is 0.627. The van der Waals surface area contributed by atoms with Crippen LogP contribution in [0.4, 0.5) is 0 Å². The van der Waals surface area contributed by atoms with E-state index >= 15 is 0 Å². The molecule has 0 radical (unpaired) electrons. The van der Waals surface area contributed by atoms with Crippen LogP contribution >= 0.6 is 12.4 Å². The molecule has 0 aliphatic rings. The zero-order chi connectivity index (χ0) is 17.5. The maximum absolute atomic E-state index is 10.5. The molecule has 3 heteroatoms. The summed E-state index contributed by atoms with van der Waals surface area (Å²) in [5.41, 5.74) is 10.8. The maximum Gasteiger partial charge on any atom is 0.119 e. The van der Waals surface area contributed by atoms with E-state index in [1.165, 1.54) is 29.5 Å². The molecule has 0 aliphatic carbocycles. The number of aromatic hydroxyl groups is 1. The van der Waals surface area contributed by atoms with E-state index in [2.05, 4.69) is 51.1 Å². The minimum Gasteiger partial charge on any atom is -0.508 e. The summed E-state index contributed by atoms with van der Waals surface area (Å²) in [6.45, 7) is 7.23. The minimum atomic E-state index is 0. The third-order valence-electron chi connectivity index (χ3n) is 4.72. The molecule has 0 fully saturated rings. The number of rotatable bonds is 8. The number of halogens is 1. The van der Waals surface area contributed by atoms with Crippen molar-refractivity contribution >= 4 is 12.4 Å². The number of nitrogens with two attached hydrogens (primary N) is 1. The zero-order valence-corrected chi connectivity index (χ0v) is 16.5. The molecule has 2 aromatic carbocycles. The molecule has 138 valence electrons. The minimum absolute atomic E-state index is 0. The topological polar surface area (TPSA) is 46.2 Å². The molecular weight excluding hydrogens is 330 g/mol. The van der Waals surface area contributed by atoms with Gasteiger partial charge in [0.2, 0.25) is 0 Å². The van der Waals surface area contributed by atoms with Crippen LogP contribution in [-0.4, -0.2) is 11.7 Å². The molecule has 1 atom stereocenters. The van der Waals surface area contributed by atoms with E-state index in [4.69, 9.17) is 5.73 Å². The molecule has 0 aromatic heterocycles. The number of phenolic OH excluding ortho intramolecular Hbond substituents is 1. The van der Waals surface area contributed by atoms with E-state index in [0.717, 1.165) is 18.4 Å². The van der Waals surface area contributed by atoms with Crippen molar-refractivity contribution in [2.45, 2.75) is 58.3 Å². The Morgan fingerprint density at radius 1 is 1.04 bits per heavy atom. The third-order valence-corrected chi connectivity index (χ3v) is 4.72. The summed E-state index contributed by atoms with van der Waals surface area (Å²) in [5, 5.41) is 10.5. The standard InChI is InChI=1S/C22H31NO.ClH/c1-4-5-7-17-10-11-22(24)21(14-17)20(12-13-23)19-9-6-8-18(15-19)16(2)3;/h6,8-11,14-16,20,24H,4-5,7,12-13,23H2,1-3H3;1H. The first-order valence-corrected chi connectivity index (χ1v) is 9.18. The van der Waals surface area contributed by atoms with Gasteiger partial charge in [-0.05, 0) is 54.5 Å². The van der Waals surface area contributed by atoms with Crippen molar-refractivity contribution in [3.63, 3.8) is 0 Å². The van der Waals surface area contributed by atoms with Crippen LogP contribution in [-0.2, 0) is 6.42 Å². The predicted octanol–water partition coefficient (Wildman–Crippen LogP) is 5.76. The van der Waals surface area contributed by atoms with E-state index in [-0.39, 0.29) is 18.3 Å². The monoisotopic (exact) mass is 361 g/mol. The second kappa shape index (κ2) is 10.5. The number of unbranched alkanes of at least 4 members (excludes halogenated alkanes) is 1. The van der Waals surface area contributed by atoms with Crippen LogP contribution in [0.3, 0.4) is 0 Å². The Balaban J connectivity index is 0.00000312. The molecular formula is C22H32ClNO. The second-order valence-corrected chi connectivity index (χ2v) is 6.95. The van der Waals surface area contributed by atoms with Gasteiger partial charge in [0.25, 0.3) is 0 Å². The molecule has 2 nitrogen and oxygen atoms in total. The number of aryl methyl sites for hydroxylation is 1. The zero-order valence-electron chi connectivity index (χ0n) is 15.7. The van der Waals surface area contributed by atoms with Crippen LogP contribution in [0, 0.1) is 0 Å². The van der Waals surface area contributed by atoms with Crippen molar-refractivity contribution in [1.29, 1.82) is 0 Å². The molecule has 0 bridgehead atoms. The average Bonchev–Trinajstić information content (AvgIpc) is 2.59. The van der Waals surface area contributed by atoms with E-state index < -0.39 is 0 Å². The van der Waals surface area contributed by atoms with Crippen molar-refractivity contribution in [3.05, 3.63) is 64.7 Å². The lowest BCUT2D eigenvalue weighted by molar-refractivity contribution is 0.462. The molecule has 0 aliphatic heterocycles. The largest absolute Gasteiger partial charge is 0.508 e. The van der Waals surface area contributed by atoms with Gasteiger partial charge in [0.05, 0.1) is 0 Å². The fourth-order valence-electron chi connectivity index (χ4n) is 3.22. The van der Waals surface area contributed by atoms with Gasteiger partial charge in [0.1, 0.15) is 5.75 Å². The van der Waals surface area contributed by atoms with Gasteiger partial charge in [-0.2, -0.15) is 0 Å². The number of hydrogen-bond acceptors (Lipinski definition) is 2. The molecule has 0 amide bonds. The van der Waals surface area contributed by atoms with Crippen LogP contribution in [0.1, 0.15) is 74.1 Å². The molecule has 3 N–H and O–H groups in total. The fourth-order valence-corrected chi connectivity index (χ4v) is 3.22. The summed E-state index contributed by atoms with van der Waals surface area (Å²) in [7, 11) is 0. The summed E-state index contributed by atoms with van der Waals surface area (Å²) in [6, 6.07) is 14.8. The van der Waals surface area contributed by atoms with Crippen molar-refractivity contribution in [2.75, 3.05) is 6.54 Å². The van der Waals surface area contributed by atoms with Gasteiger partial charge in [-0.3, -0.25) is 0 Å². The van der Waals surface area contributed by atoms with Crippen molar-refractivity contribution in [3.8, 4) is 5.75 Å². The molecule has 2 aromatic rings. The first kappa shape index (κ1) is 21.5. The normalized spacial score (nSPS) is 12.0. The smallest absolute Gasteiger partial charge is 0.119 e. The van der Waals surface area contributed by atoms with Crippen LogP contribution < -0.4 is 5.73 Å². The Bertz CT molecular complexity index is 654. The molecule has 25 heavy (non-hydrogen) atoms. The van der Waals surface area contributed by atoms with Gasteiger partial charge in [0.15, 0.2) is 0 Å². The van der Waals surface area contributed by atoms with Crippen LogP contribution in [0.5, 0.6) is 5.75 Å². The SMILES string of the molecule is CCCCc1ccc(O)c(C(CCN)c2cccc(C(C)C)c2)c1.Cl. The van der Waals surface area contributed by atoms with E-state index in [1.54, 1.807) is 0 Å². The lowest BCUT2D eigenvalue weighted by atomic mass is 9.85. The molecule has 0 saturated heterocycles. The third kappa shape index (κ3) is 5.76. The lowest BCUT2D eigenvalue weighted by Crippen LogP contribution is -2.10. The first-order valence-electron chi connectivity index (χ1n) is 9.18. The van der Waals surface area contributed by atoms with Crippen molar-refractivity contribution < 1.29 is 5.11 Å². The summed E-state index contributed by atoms with van der Waals surface area (Å²) in [5.74, 6) is 1.02. The number of benzene rings is 2. The Labute approximate surface area is 158 Å². The van der Waals surface area contributed by atoms with Crippen molar-refractivity contribution in [2.24, 2.45) is 5.73 Å². The van der Waals surface area contributed by atoms with E-state index in [1.807, 2.05) is 12.1 Å². The lowest BCUT2D eigenvalue weighted by Gasteiger charge is -2.21. The van der Waals surface area contributed by atoms with Crippen molar-refractivity contribution in [1.82, 2.24) is 0 Å². The van der Waals surface area contributed by atoms with Crippen LogP contribution in [0.15, 0.2) is 42.5 Å². The fraction of sp³-hybridized carbons (Fsp3) is 0.455. The Morgan fingerprint density at radius 3 is 2.40 bits per heavy atom. The maximum atomic E-state index is 10.5. The summed E-state index contributed by atoms with van der Waals surface area (Å²) in [6.07, 6.45) is 4.25. The summed E-state index contributed by atoms with van der Waals surface area (Å²) >= 11 is 0. The van der Waals surface area contributed by atoms with Crippen LogP contribution in [0.2, 0.25) is 0 Å². The van der Waals surface area contributed by atoms with Gasteiger partial charge in [-0.25, -0.2) is 0 Å². The van der Waals surface area contributed by atoms with E-state index in [0.29, 0.717) is 18.2 Å². The van der Waals surface area contributed by atoms with E-state index in [9.17, 15) is 5.11 Å². The van der Waals surface area contributed by atoms with Gasteiger partial charge in [-0.15, -0.1) is 12.4 Å². The Morgan fingerprint density at radius 2 is 1.76 bits per heavy atom. The molecule has 0 saturated carbocycles. The summed E-state index contributed by atoms with van der Waals surface area (Å²) in [4.78, 5) is 0. The highest BCUT2D eigenvalue weighted by Gasteiger charge is 2.18. The highest BCUT2D eigenvalue weighted by Crippen LogP contribution is 2.35. The van der Waals surface area contributed by atoms with Gasteiger partial charge in [-0.1, -0.05) is 63.6 Å². The molecule has 1 unspecified atom stereocenters. The first-order chi connectivity index (χ1) is 11.6. The van der Waals surface area contributed by atoms with Crippen LogP contribution in [0.25, 0.3) is 0 Å². The number of hydrogen-bond donors (Lipinski definition) is 2. The summed E-state index contributed by atoms with van der Waals surface area (Å²) < 4.78 is 0. The Hall–Kier alpha value is -1.51. The van der Waals surface area contributed by atoms with Gasteiger partial charge < -0.3 is 10.8 Å². The number of phenols is 1. The second-order valence-electron chi connectivity index (χ2n) is 6.95. The molecule has 2 rings (SSSR count). The average molecular weight is 362 g/mol. The predicted molar refractivity (Wildman–Crippen MR) is 110 cm³/mol. The molecule has 0 spiro atoms. The van der Waals surface area contributed by atoms with Gasteiger partial charge >= 0.3 is 0 Å².